The first-order chi connectivity index (χ1) is 12.0. The van der Waals surface area contributed by atoms with Crippen molar-refractivity contribution in [2.45, 2.75) is 26.2 Å². The van der Waals surface area contributed by atoms with Crippen LogP contribution in [0.5, 0.6) is 0 Å². The van der Waals surface area contributed by atoms with Crippen LogP contribution in [0.15, 0.2) is 54.6 Å². The maximum absolute atomic E-state index is 12.5. The average Bonchev–Trinajstić information content (AvgIpc) is 3.02. The Labute approximate surface area is 148 Å². The van der Waals surface area contributed by atoms with Crippen LogP contribution in [-0.2, 0) is 9.59 Å². The first-order valence-corrected chi connectivity index (χ1v) is 8.74. The van der Waals surface area contributed by atoms with Crippen molar-refractivity contribution in [2.24, 2.45) is 5.92 Å². The van der Waals surface area contributed by atoms with E-state index in [0.717, 1.165) is 11.3 Å². The van der Waals surface area contributed by atoms with E-state index in [4.69, 9.17) is 0 Å². The van der Waals surface area contributed by atoms with Crippen molar-refractivity contribution >= 4 is 17.5 Å². The van der Waals surface area contributed by atoms with Crippen molar-refractivity contribution in [1.82, 2.24) is 5.32 Å². The number of hydrogen-bond acceptors (Lipinski definition) is 2. The zero-order valence-electron chi connectivity index (χ0n) is 14.7. The van der Waals surface area contributed by atoms with Crippen molar-refractivity contribution in [3.05, 3.63) is 65.7 Å². The van der Waals surface area contributed by atoms with E-state index in [1.165, 1.54) is 5.56 Å². The standard InChI is InChI=1S/C21H24N2O2/c1-15-8-10-19(11-9-15)23-14-18(12-20(23)24)21(25)22-13-16(2)17-6-4-3-5-7-17/h3-11,16,18H,12-14H2,1-2H3,(H,22,25)/t16-,18+/m0/s1. The molecule has 1 aliphatic heterocycles. The fraction of sp³-hybridized carbons (Fsp3) is 0.333. The smallest absolute Gasteiger partial charge is 0.227 e. The minimum Gasteiger partial charge on any atom is -0.355 e. The molecule has 2 aromatic carbocycles. The van der Waals surface area contributed by atoms with E-state index in [1.807, 2.05) is 49.4 Å². The summed E-state index contributed by atoms with van der Waals surface area (Å²) in [6.07, 6.45) is 0.277. The Kier molecular flexibility index (Phi) is 5.17. The summed E-state index contributed by atoms with van der Waals surface area (Å²) in [7, 11) is 0. The van der Waals surface area contributed by atoms with E-state index in [2.05, 4.69) is 24.4 Å². The number of rotatable bonds is 5. The largest absolute Gasteiger partial charge is 0.355 e. The molecule has 2 amide bonds. The Morgan fingerprint density at radius 1 is 1.16 bits per heavy atom. The molecule has 0 saturated carbocycles. The van der Waals surface area contributed by atoms with Crippen molar-refractivity contribution in [3.63, 3.8) is 0 Å². The molecule has 2 atom stereocenters. The molecular formula is C21H24N2O2. The first-order valence-electron chi connectivity index (χ1n) is 8.74. The Morgan fingerprint density at radius 3 is 2.52 bits per heavy atom. The van der Waals surface area contributed by atoms with Gasteiger partial charge in [0.25, 0.3) is 0 Å². The van der Waals surface area contributed by atoms with Crippen LogP contribution in [-0.4, -0.2) is 24.9 Å². The number of carbonyl (C=O) groups is 2. The third kappa shape index (κ3) is 4.08. The zero-order chi connectivity index (χ0) is 17.8. The Hall–Kier alpha value is -2.62. The first kappa shape index (κ1) is 17.2. The second kappa shape index (κ2) is 7.51. The van der Waals surface area contributed by atoms with Crippen LogP contribution in [0.1, 0.15) is 30.4 Å². The van der Waals surface area contributed by atoms with Gasteiger partial charge in [0.1, 0.15) is 0 Å². The van der Waals surface area contributed by atoms with Gasteiger partial charge in [-0.05, 0) is 30.5 Å². The molecule has 130 valence electrons. The highest BCUT2D eigenvalue weighted by molar-refractivity contribution is 6.00. The molecular weight excluding hydrogens is 312 g/mol. The molecule has 25 heavy (non-hydrogen) atoms. The second-order valence-electron chi connectivity index (χ2n) is 6.80. The van der Waals surface area contributed by atoms with E-state index in [9.17, 15) is 9.59 Å². The molecule has 0 spiro atoms. The number of nitrogens with zero attached hydrogens (tertiary/aromatic N) is 1. The van der Waals surface area contributed by atoms with Gasteiger partial charge in [-0.1, -0.05) is 55.0 Å². The van der Waals surface area contributed by atoms with Crippen molar-refractivity contribution in [1.29, 1.82) is 0 Å². The summed E-state index contributed by atoms with van der Waals surface area (Å²) < 4.78 is 0. The minimum absolute atomic E-state index is 0.0140. The van der Waals surface area contributed by atoms with Crippen LogP contribution in [0.4, 0.5) is 5.69 Å². The maximum Gasteiger partial charge on any atom is 0.227 e. The van der Waals surface area contributed by atoms with Crippen LogP contribution < -0.4 is 10.2 Å². The Bertz CT molecular complexity index is 740. The summed E-state index contributed by atoms with van der Waals surface area (Å²) in [5.74, 6) is -0.0573. The van der Waals surface area contributed by atoms with Crippen LogP contribution in [0, 0.1) is 12.8 Å². The van der Waals surface area contributed by atoms with Crippen LogP contribution in [0.3, 0.4) is 0 Å². The average molecular weight is 336 g/mol. The van der Waals surface area contributed by atoms with Gasteiger partial charge >= 0.3 is 0 Å². The topological polar surface area (TPSA) is 49.4 Å². The van der Waals surface area contributed by atoms with Gasteiger partial charge in [-0.3, -0.25) is 9.59 Å². The monoisotopic (exact) mass is 336 g/mol. The van der Waals surface area contributed by atoms with Crippen molar-refractivity contribution in [2.75, 3.05) is 18.0 Å². The number of anilines is 1. The molecule has 0 aromatic heterocycles. The lowest BCUT2D eigenvalue weighted by Gasteiger charge is -2.18. The Balaban J connectivity index is 1.56. The van der Waals surface area contributed by atoms with Gasteiger partial charge in [0, 0.05) is 25.2 Å². The predicted octanol–water partition coefficient (Wildman–Crippen LogP) is 3.27. The van der Waals surface area contributed by atoms with Crippen molar-refractivity contribution in [3.8, 4) is 0 Å². The molecule has 0 bridgehead atoms. The summed E-state index contributed by atoms with van der Waals surface area (Å²) in [6.45, 7) is 5.14. The fourth-order valence-corrected chi connectivity index (χ4v) is 3.15. The van der Waals surface area contributed by atoms with Gasteiger partial charge in [0.2, 0.25) is 11.8 Å². The van der Waals surface area contributed by atoms with Crippen LogP contribution in [0.2, 0.25) is 0 Å². The summed E-state index contributed by atoms with van der Waals surface area (Å²) in [6, 6.07) is 18.0. The van der Waals surface area contributed by atoms with E-state index >= 15 is 0 Å². The summed E-state index contributed by atoms with van der Waals surface area (Å²) in [4.78, 5) is 26.5. The second-order valence-corrected chi connectivity index (χ2v) is 6.80. The highest BCUT2D eigenvalue weighted by atomic mass is 16.2. The molecule has 0 radical (unpaired) electrons. The molecule has 4 nitrogen and oxygen atoms in total. The number of benzene rings is 2. The fourth-order valence-electron chi connectivity index (χ4n) is 3.15. The van der Waals surface area contributed by atoms with E-state index in [0.29, 0.717) is 13.1 Å². The number of hydrogen-bond donors (Lipinski definition) is 1. The highest BCUT2D eigenvalue weighted by Crippen LogP contribution is 2.25. The predicted molar refractivity (Wildman–Crippen MR) is 99.5 cm³/mol. The van der Waals surface area contributed by atoms with Gasteiger partial charge in [-0.15, -0.1) is 0 Å². The lowest BCUT2D eigenvalue weighted by Crippen LogP contribution is -2.35. The van der Waals surface area contributed by atoms with E-state index in [1.54, 1.807) is 4.90 Å². The normalized spacial score (nSPS) is 18.2. The van der Waals surface area contributed by atoms with Crippen LogP contribution in [0.25, 0.3) is 0 Å². The molecule has 1 aliphatic rings. The lowest BCUT2D eigenvalue weighted by atomic mass is 10.0. The molecule has 0 aliphatic carbocycles. The number of aryl methyl sites for hydroxylation is 1. The molecule has 0 unspecified atom stereocenters. The van der Waals surface area contributed by atoms with Gasteiger partial charge in [-0.2, -0.15) is 0 Å². The summed E-state index contributed by atoms with van der Waals surface area (Å²) in [5.41, 5.74) is 3.22. The molecule has 1 fully saturated rings. The number of amides is 2. The molecule has 1 N–H and O–H groups in total. The molecule has 2 aromatic rings. The molecule has 4 heteroatoms. The summed E-state index contributed by atoms with van der Waals surface area (Å²) in [5, 5.41) is 3.01. The van der Waals surface area contributed by atoms with E-state index in [-0.39, 0.29) is 30.1 Å². The zero-order valence-corrected chi connectivity index (χ0v) is 14.7. The van der Waals surface area contributed by atoms with Gasteiger partial charge in [0.15, 0.2) is 0 Å². The quantitative estimate of drug-likeness (QED) is 0.911. The maximum atomic E-state index is 12.5. The molecule has 1 saturated heterocycles. The third-order valence-corrected chi connectivity index (χ3v) is 4.79. The van der Waals surface area contributed by atoms with Crippen LogP contribution >= 0.6 is 0 Å². The number of carbonyl (C=O) groups excluding carboxylic acids is 2. The lowest BCUT2D eigenvalue weighted by molar-refractivity contribution is -0.126. The SMILES string of the molecule is Cc1ccc(N2C[C@H](C(=O)NC[C@H](C)c3ccccc3)CC2=O)cc1. The van der Waals surface area contributed by atoms with Gasteiger partial charge < -0.3 is 10.2 Å². The summed E-state index contributed by atoms with van der Waals surface area (Å²) >= 11 is 0. The van der Waals surface area contributed by atoms with E-state index < -0.39 is 0 Å². The van der Waals surface area contributed by atoms with Gasteiger partial charge in [-0.25, -0.2) is 0 Å². The van der Waals surface area contributed by atoms with Crippen molar-refractivity contribution < 1.29 is 9.59 Å². The minimum atomic E-state index is -0.281. The molecule has 1 heterocycles. The number of nitrogens with one attached hydrogen (secondary N) is 1. The van der Waals surface area contributed by atoms with Gasteiger partial charge in [0.05, 0.1) is 5.92 Å². The molecule has 3 rings (SSSR count). The third-order valence-electron chi connectivity index (χ3n) is 4.79. The Morgan fingerprint density at radius 2 is 1.84 bits per heavy atom. The highest BCUT2D eigenvalue weighted by Gasteiger charge is 2.35.